The summed E-state index contributed by atoms with van der Waals surface area (Å²) < 4.78 is 5.91. The van der Waals surface area contributed by atoms with Crippen LogP contribution in [0.4, 0.5) is 0 Å². The van der Waals surface area contributed by atoms with Gasteiger partial charge in [0.15, 0.2) is 0 Å². The van der Waals surface area contributed by atoms with Crippen molar-refractivity contribution in [2.45, 2.75) is 52.1 Å². The third kappa shape index (κ3) is 4.52. The zero-order valence-corrected chi connectivity index (χ0v) is 16.7. The molecule has 2 heterocycles. The van der Waals surface area contributed by atoms with Crippen molar-refractivity contribution in [2.24, 2.45) is 0 Å². The second kappa shape index (κ2) is 9.19. The van der Waals surface area contributed by atoms with Crippen LogP contribution in [-0.4, -0.2) is 59.8 Å². The van der Waals surface area contributed by atoms with Gasteiger partial charge in [0.05, 0.1) is 0 Å². The second-order valence-corrected chi connectivity index (χ2v) is 7.41. The van der Waals surface area contributed by atoms with E-state index in [1.54, 1.807) is 11.0 Å². The number of rotatable bonds is 9. The number of amides is 3. The molecule has 1 fully saturated rings. The first kappa shape index (κ1) is 20.3. The van der Waals surface area contributed by atoms with E-state index in [1.165, 1.54) is 0 Å². The van der Waals surface area contributed by atoms with Gasteiger partial charge in [0.2, 0.25) is 11.8 Å². The predicted molar refractivity (Wildman–Crippen MR) is 105 cm³/mol. The number of imide groups is 1. The molecule has 1 saturated heterocycles. The van der Waals surface area contributed by atoms with Crippen LogP contribution in [-0.2, 0) is 16.1 Å². The number of carbonyl (C=O) groups excluding carboxylic acids is 3. The average molecular weight is 387 g/mol. The molecule has 2 aliphatic rings. The molecule has 0 saturated carbocycles. The first-order chi connectivity index (χ1) is 13.5. The Kier molecular flexibility index (Phi) is 6.67. The number of carbonyl (C=O) groups is 3. The summed E-state index contributed by atoms with van der Waals surface area (Å²) in [5.74, 6) is -0.0835. The van der Waals surface area contributed by atoms with E-state index in [-0.39, 0.29) is 24.1 Å². The molecule has 0 radical (unpaired) electrons. The Morgan fingerprint density at radius 3 is 2.57 bits per heavy atom. The molecule has 1 unspecified atom stereocenters. The van der Waals surface area contributed by atoms with Crippen molar-refractivity contribution < 1.29 is 19.1 Å². The minimum atomic E-state index is -0.585. The fourth-order valence-corrected chi connectivity index (χ4v) is 3.90. The number of nitrogens with zero attached hydrogens (tertiary/aromatic N) is 2. The molecule has 0 aliphatic carbocycles. The first-order valence-corrected chi connectivity index (χ1v) is 10.2. The third-order valence-corrected chi connectivity index (χ3v) is 5.25. The highest BCUT2D eigenvalue weighted by Crippen LogP contribution is 2.30. The molecule has 1 aromatic carbocycles. The summed E-state index contributed by atoms with van der Waals surface area (Å²) in [7, 11) is 0. The van der Waals surface area contributed by atoms with Crippen LogP contribution in [0.25, 0.3) is 0 Å². The lowest BCUT2D eigenvalue weighted by molar-refractivity contribution is -0.136. The Hall–Kier alpha value is -2.41. The van der Waals surface area contributed by atoms with Gasteiger partial charge in [-0.25, -0.2) is 0 Å². The van der Waals surface area contributed by atoms with Gasteiger partial charge in [0.25, 0.3) is 5.91 Å². The summed E-state index contributed by atoms with van der Waals surface area (Å²) in [6.07, 6.45) is 2.88. The number of piperidine rings is 1. The third-order valence-electron chi connectivity index (χ3n) is 5.25. The van der Waals surface area contributed by atoms with E-state index in [0.717, 1.165) is 43.8 Å². The molecule has 1 atom stereocenters. The lowest BCUT2D eigenvalue weighted by atomic mass is 10.0. The molecule has 7 heteroatoms. The molecule has 2 aliphatic heterocycles. The van der Waals surface area contributed by atoms with Gasteiger partial charge in [0.1, 0.15) is 18.4 Å². The molecule has 1 aromatic rings. The van der Waals surface area contributed by atoms with Gasteiger partial charge >= 0.3 is 0 Å². The number of hydrogen-bond donors (Lipinski definition) is 1. The monoisotopic (exact) mass is 387 g/mol. The summed E-state index contributed by atoms with van der Waals surface area (Å²) in [4.78, 5) is 40.1. The molecule has 3 rings (SSSR count). The molecule has 3 amide bonds. The normalized spacial score (nSPS) is 19.2. The van der Waals surface area contributed by atoms with Crippen LogP contribution in [0.5, 0.6) is 5.75 Å². The molecule has 0 aromatic heterocycles. The van der Waals surface area contributed by atoms with Crippen molar-refractivity contribution in [1.82, 2.24) is 15.1 Å². The molecule has 28 heavy (non-hydrogen) atoms. The van der Waals surface area contributed by atoms with Crippen molar-refractivity contribution >= 4 is 17.7 Å². The fourth-order valence-electron chi connectivity index (χ4n) is 3.90. The smallest absolute Gasteiger partial charge is 0.255 e. The minimum absolute atomic E-state index is 0.159. The van der Waals surface area contributed by atoms with E-state index < -0.39 is 6.04 Å². The highest BCUT2D eigenvalue weighted by atomic mass is 16.5. The molecular weight excluding hydrogens is 358 g/mol. The Morgan fingerprint density at radius 1 is 1.14 bits per heavy atom. The van der Waals surface area contributed by atoms with E-state index in [1.807, 2.05) is 12.1 Å². The quantitative estimate of drug-likeness (QED) is 0.655. The van der Waals surface area contributed by atoms with Gasteiger partial charge in [-0.2, -0.15) is 0 Å². The lowest BCUT2D eigenvalue weighted by Gasteiger charge is -2.29. The zero-order chi connectivity index (χ0) is 20.1. The number of benzene rings is 1. The number of ether oxygens (including phenoxy) is 1. The predicted octanol–water partition coefficient (Wildman–Crippen LogP) is 1.95. The number of nitrogens with one attached hydrogen (secondary N) is 1. The molecule has 1 N–H and O–H groups in total. The first-order valence-electron chi connectivity index (χ1n) is 10.2. The van der Waals surface area contributed by atoms with Crippen molar-refractivity contribution in [3.05, 3.63) is 29.3 Å². The Balaban J connectivity index is 1.60. The van der Waals surface area contributed by atoms with Gasteiger partial charge in [-0.15, -0.1) is 0 Å². The Labute approximate surface area is 166 Å². The maximum atomic E-state index is 12.7. The lowest BCUT2D eigenvalue weighted by Crippen LogP contribution is -2.52. The van der Waals surface area contributed by atoms with E-state index in [2.05, 4.69) is 24.1 Å². The maximum absolute atomic E-state index is 12.7. The average Bonchev–Trinajstić information content (AvgIpc) is 2.98. The molecule has 0 spiro atoms. The second-order valence-electron chi connectivity index (χ2n) is 7.41. The number of fused-ring (bicyclic) bond motifs is 1. The van der Waals surface area contributed by atoms with E-state index >= 15 is 0 Å². The van der Waals surface area contributed by atoms with Gasteiger partial charge in [-0.3, -0.25) is 24.6 Å². The summed E-state index contributed by atoms with van der Waals surface area (Å²) >= 11 is 0. The van der Waals surface area contributed by atoms with Crippen LogP contribution in [0.1, 0.15) is 55.5 Å². The van der Waals surface area contributed by atoms with Gasteiger partial charge < -0.3 is 9.64 Å². The topological polar surface area (TPSA) is 79.0 Å². The van der Waals surface area contributed by atoms with Crippen LogP contribution >= 0.6 is 0 Å². The van der Waals surface area contributed by atoms with Crippen LogP contribution in [0.15, 0.2) is 18.2 Å². The standard InChI is InChI=1S/C21H29N3O4/c1-3-9-23(10-4-2)11-12-28-16-5-6-17-15(13-16)14-24(21(17)27)18-7-8-19(25)22-20(18)26/h5-6,13,18H,3-4,7-12,14H2,1-2H3,(H,22,25,26). The van der Waals surface area contributed by atoms with Gasteiger partial charge in [0, 0.05) is 25.1 Å². The Morgan fingerprint density at radius 2 is 1.89 bits per heavy atom. The van der Waals surface area contributed by atoms with Gasteiger partial charge in [-0.05, 0) is 56.1 Å². The maximum Gasteiger partial charge on any atom is 0.255 e. The minimum Gasteiger partial charge on any atom is -0.492 e. The summed E-state index contributed by atoms with van der Waals surface area (Å²) in [5, 5.41) is 2.32. The Bertz CT molecular complexity index is 743. The van der Waals surface area contributed by atoms with E-state index in [0.29, 0.717) is 25.1 Å². The van der Waals surface area contributed by atoms with Crippen LogP contribution < -0.4 is 10.1 Å². The van der Waals surface area contributed by atoms with E-state index in [9.17, 15) is 14.4 Å². The van der Waals surface area contributed by atoms with Crippen molar-refractivity contribution in [3.63, 3.8) is 0 Å². The van der Waals surface area contributed by atoms with Crippen molar-refractivity contribution in [3.8, 4) is 5.75 Å². The summed E-state index contributed by atoms with van der Waals surface area (Å²) in [5.41, 5.74) is 1.47. The molecular formula is C21H29N3O4. The van der Waals surface area contributed by atoms with Crippen molar-refractivity contribution in [2.75, 3.05) is 26.2 Å². The molecule has 152 valence electrons. The van der Waals surface area contributed by atoms with Crippen LogP contribution in [0.3, 0.4) is 0 Å². The SMILES string of the molecule is CCCN(CCC)CCOc1ccc2c(c1)CN(C1CCC(=O)NC1=O)C2=O. The number of hydrogen-bond acceptors (Lipinski definition) is 5. The fraction of sp³-hybridized carbons (Fsp3) is 0.571. The highest BCUT2D eigenvalue weighted by molar-refractivity contribution is 6.05. The molecule has 7 nitrogen and oxygen atoms in total. The van der Waals surface area contributed by atoms with Crippen LogP contribution in [0, 0.1) is 0 Å². The van der Waals surface area contributed by atoms with Crippen molar-refractivity contribution in [1.29, 1.82) is 0 Å². The largest absolute Gasteiger partial charge is 0.492 e. The molecule has 0 bridgehead atoms. The van der Waals surface area contributed by atoms with Gasteiger partial charge in [-0.1, -0.05) is 13.8 Å². The van der Waals surface area contributed by atoms with E-state index in [4.69, 9.17) is 4.74 Å². The van der Waals surface area contributed by atoms with Crippen LogP contribution in [0.2, 0.25) is 0 Å². The summed E-state index contributed by atoms with van der Waals surface area (Å²) in [6, 6.07) is 4.89. The zero-order valence-electron chi connectivity index (χ0n) is 16.7. The highest BCUT2D eigenvalue weighted by Gasteiger charge is 2.39. The summed E-state index contributed by atoms with van der Waals surface area (Å²) in [6.45, 7) is 8.33.